The highest BCUT2D eigenvalue weighted by molar-refractivity contribution is 6.09. The first-order chi connectivity index (χ1) is 26.1. The first-order valence-electron chi connectivity index (χ1n) is 19.3. The Labute approximate surface area is 315 Å². The molecule has 0 radical (unpaired) electrons. The van der Waals surface area contributed by atoms with E-state index in [0.717, 1.165) is 44.2 Å². The fourth-order valence-electron chi connectivity index (χ4n) is 7.00. The number of ether oxygens (including phenoxy) is 1. The quantitative estimate of drug-likeness (QED) is 0.123. The Hall–Kier alpha value is -5.75. The van der Waals surface area contributed by atoms with E-state index >= 15 is 0 Å². The zero-order valence-electron chi connectivity index (χ0n) is 33.8. The SMILES string of the molecule is [2H]C([2H])(c1ccnc(-n2c3ccccc3c3ccc(Oc4cncc(-n5[c-][n+](-c6cc(C(C)(C)C)cc(C(C)(C)C)c6)c6ccccc65)c4)cc32)c1)C(C)C. The van der Waals surface area contributed by atoms with Crippen LogP contribution in [0.3, 0.4) is 0 Å². The second-order valence-corrected chi connectivity index (χ2v) is 16.2. The molecular formula is C47H47N5O. The molecule has 0 fully saturated rings. The van der Waals surface area contributed by atoms with E-state index in [2.05, 4.69) is 117 Å². The van der Waals surface area contributed by atoms with E-state index in [1.807, 2.05) is 67.1 Å². The van der Waals surface area contributed by atoms with Crippen LogP contribution in [-0.4, -0.2) is 19.1 Å². The average Bonchev–Trinajstić information content (AvgIpc) is 3.70. The van der Waals surface area contributed by atoms with Crippen molar-refractivity contribution in [3.05, 3.63) is 145 Å². The van der Waals surface area contributed by atoms with Crippen LogP contribution in [0.25, 0.3) is 50.0 Å². The summed E-state index contributed by atoms with van der Waals surface area (Å²) >= 11 is 0. The molecule has 0 aliphatic heterocycles. The molecule has 266 valence electrons. The number of hydrogen-bond donors (Lipinski definition) is 0. The van der Waals surface area contributed by atoms with Crippen LogP contribution < -0.4 is 9.30 Å². The summed E-state index contributed by atoms with van der Waals surface area (Å²) in [4.78, 5) is 9.36. The van der Waals surface area contributed by atoms with Gasteiger partial charge in [0.1, 0.15) is 17.3 Å². The lowest BCUT2D eigenvalue weighted by molar-refractivity contribution is -0.572. The van der Waals surface area contributed by atoms with Crippen molar-refractivity contribution in [3.63, 3.8) is 0 Å². The van der Waals surface area contributed by atoms with Crippen LogP contribution in [0.1, 0.15) is 74.8 Å². The molecule has 6 nitrogen and oxygen atoms in total. The third kappa shape index (κ3) is 6.59. The second kappa shape index (κ2) is 13.0. The highest BCUT2D eigenvalue weighted by Crippen LogP contribution is 2.36. The molecule has 0 unspecified atom stereocenters. The number of imidazole rings is 1. The van der Waals surface area contributed by atoms with Gasteiger partial charge in [0.25, 0.3) is 6.33 Å². The van der Waals surface area contributed by atoms with Crippen molar-refractivity contribution in [2.45, 2.75) is 72.6 Å². The van der Waals surface area contributed by atoms with Gasteiger partial charge in [-0.05, 0) is 88.3 Å². The molecule has 0 N–H and O–H groups in total. The highest BCUT2D eigenvalue weighted by Gasteiger charge is 2.23. The molecule has 0 aliphatic rings. The number of pyridine rings is 2. The molecule has 8 rings (SSSR count). The number of nitrogens with zero attached hydrogens (tertiary/aromatic N) is 5. The minimum Gasteiger partial charge on any atom is -0.456 e. The lowest BCUT2D eigenvalue weighted by Crippen LogP contribution is -2.31. The summed E-state index contributed by atoms with van der Waals surface area (Å²) < 4.78 is 30.4. The van der Waals surface area contributed by atoms with Crippen molar-refractivity contribution in [2.24, 2.45) is 5.92 Å². The van der Waals surface area contributed by atoms with Crippen molar-refractivity contribution in [3.8, 4) is 28.7 Å². The van der Waals surface area contributed by atoms with Gasteiger partial charge < -0.3 is 4.74 Å². The Morgan fingerprint density at radius 1 is 0.736 bits per heavy atom. The maximum Gasteiger partial charge on any atom is 0.269 e. The zero-order chi connectivity index (χ0) is 38.9. The lowest BCUT2D eigenvalue weighted by atomic mass is 9.80. The molecule has 8 aromatic rings. The third-order valence-electron chi connectivity index (χ3n) is 9.74. The lowest BCUT2D eigenvalue weighted by Gasteiger charge is -2.26. The normalized spacial score (nSPS) is 13.2. The van der Waals surface area contributed by atoms with Crippen LogP contribution in [0.2, 0.25) is 0 Å². The summed E-state index contributed by atoms with van der Waals surface area (Å²) in [6.45, 7) is 17.3. The standard InChI is InChI=1S/C47H47N5O/c1-31(2)21-32-19-20-49-45(22-32)52-41-14-10-9-13-39(41)40-18-17-37(27-44(40)52)53-38-26-36(28-48-29-38)51-30-50(42-15-11-12-16-43(42)51)35-24-33(46(3,4)5)23-34(25-35)47(6,7)8/h9-20,22-29,31H,21H2,1-8H3/i21D2. The molecule has 0 amide bonds. The van der Waals surface area contributed by atoms with E-state index in [4.69, 9.17) is 12.5 Å². The number of hydrogen-bond acceptors (Lipinski definition) is 3. The topological polar surface area (TPSA) is 48.8 Å². The van der Waals surface area contributed by atoms with E-state index in [9.17, 15) is 0 Å². The first-order valence-corrected chi connectivity index (χ1v) is 18.3. The van der Waals surface area contributed by atoms with E-state index in [1.54, 1.807) is 18.5 Å². The molecule has 0 aliphatic carbocycles. The van der Waals surface area contributed by atoms with Gasteiger partial charge in [0.2, 0.25) is 0 Å². The Balaban J connectivity index is 1.20. The molecule has 6 heteroatoms. The monoisotopic (exact) mass is 699 g/mol. The van der Waals surface area contributed by atoms with Crippen LogP contribution in [0, 0.1) is 12.2 Å². The molecule has 4 heterocycles. The van der Waals surface area contributed by atoms with Crippen molar-refractivity contribution >= 4 is 32.8 Å². The van der Waals surface area contributed by atoms with Crippen LogP contribution >= 0.6 is 0 Å². The van der Waals surface area contributed by atoms with Gasteiger partial charge in [0, 0.05) is 32.0 Å². The minimum atomic E-state index is -1.50. The van der Waals surface area contributed by atoms with Gasteiger partial charge in [-0.2, -0.15) is 0 Å². The number of rotatable bonds is 7. The predicted molar refractivity (Wildman–Crippen MR) is 216 cm³/mol. The minimum absolute atomic E-state index is 0.0218. The van der Waals surface area contributed by atoms with Crippen LogP contribution in [-0.2, 0) is 17.2 Å². The molecule has 0 saturated carbocycles. The number of fused-ring (bicyclic) bond motifs is 4. The first kappa shape index (κ1) is 31.9. The Kier molecular flexibility index (Phi) is 7.85. The summed E-state index contributed by atoms with van der Waals surface area (Å²) in [5.41, 5.74) is 8.94. The molecule has 53 heavy (non-hydrogen) atoms. The maximum atomic E-state index is 8.76. The van der Waals surface area contributed by atoms with Gasteiger partial charge in [0.05, 0.1) is 39.6 Å². The molecule has 0 spiro atoms. The summed E-state index contributed by atoms with van der Waals surface area (Å²) in [7, 11) is 0. The summed E-state index contributed by atoms with van der Waals surface area (Å²) in [5, 5.41) is 2.13. The zero-order valence-corrected chi connectivity index (χ0v) is 31.8. The highest BCUT2D eigenvalue weighted by atomic mass is 16.5. The fourth-order valence-corrected chi connectivity index (χ4v) is 7.00. The van der Waals surface area contributed by atoms with Gasteiger partial charge in [-0.1, -0.05) is 104 Å². The molecule has 0 atom stereocenters. The number of aromatic nitrogens is 5. The van der Waals surface area contributed by atoms with E-state index in [0.29, 0.717) is 22.9 Å². The van der Waals surface area contributed by atoms with Crippen LogP contribution in [0.5, 0.6) is 11.5 Å². The molecule has 4 aromatic heterocycles. The Morgan fingerprint density at radius 2 is 1.43 bits per heavy atom. The van der Waals surface area contributed by atoms with E-state index in [1.165, 1.54) is 11.1 Å². The summed E-state index contributed by atoms with van der Waals surface area (Å²) in [6, 6.07) is 35.2. The third-order valence-corrected chi connectivity index (χ3v) is 9.74. The molecule has 0 saturated heterocycles. The largest absolute Gasteiger partial charge is 0.456 e. The molecule has 4 aromatic carbocycles. The van der Waals surface area contributed by atoms with Crippen molar-refractivity contribution in [1.82, 2.24) is 19.1 Å². The maximum absolute atomic E-state index is 8.76. The second-order valence-electron chi connectivity index (χ2n) is 16.2. The van der Waals surface area contributed by atoms with Gasteiger partial charge >= 0.3 is 0 Å². The number of benzene rings is 4. The van der Waals surface area contributed by atoms with Gasteiger partial charge in [0.15, 0.2) is 0 Å². The van der Waals surface area contributed by atoms with Crippen molar-refractivity contribution in [1.29, 1.82) is 0 Å². The average molecular weight is 700 g/mol. The van der Waals surface area contributed by atoms with Crippen molar-refractivity contribution in [2.75, 3.05) is 0 Å². The van der Waals surface area contributed by atoms with Gasteiger partial charge in [-0.3, -0.25) is 18.7 Å². The smallest absolute Gasteiger partial charge is 0.269 e. The van der Waals surface area contributed by atoms with Crippen molar-refractivity contribution < 1.29 is 12.0 Å². The van der Waals surface area contributed by atoms with Gasteiger partial charge in [-0.15, -0.1) is 0 Å². The number of para-hydroxylation sites is 3. The van der Waals surface area contributed by atoms with E-state index in [-0.39, 0.29) is 16.7 Å². The van der Waals surface area contributed by atoms with Crippen LogP contribution in [0.15, 0.2) is 122 Å². The van der Waals surface area contributed by atoms with Crippen LogP contribution in [0.4, 0.5) is 0 Å². The molecular weight excluding hydrogens is 651 g/mol. The molecule has 0 bridgehead atoms. The summed E-state index contributed by atoms with van der Waals surface area (Å²) in [6.07, 6.45) is 7.41. The Bertz CT molecular complexity index is 2700. The summed E-state index contributed by atoms with van der Waals surface area (Å²) in [5.74, 6) is 1.69. The Morgan fingerprint density at radius 3 is 2.17 bits per heavy atom. The van der Waals surface area contributed by atoms with E-state index < -0.39 is 6.37 Å². The predicted octanol–water partition coefficient (Wildman–Crippen LogP) is 11.2. The van der Waals surface area contributed by atoms with Gasteiger partial charge in [-0.25, -0.2) is 4.98 Å². The fraction of sp³-hybridized carbons (Fsp3) is 0.255.